The molecule has 10 heteroatoms. The number of hydrazine groups is 1. The Hall–Kier alpha value is -3.53. The zero-order valence-corrected chi connectivity index (χ0v) is 24.2. The number of ether oxygens (including phenoxy) is 2. The molecule has 3 heterocycles. The largest absolute Gasteiger partial charge is 0.457 e. The van der Waals surface area contributed by atoms with Crippen molar-refractivity contribution >= 4 is 34.5 Å². The molecule has 1 saturated heterocycles. The quantitative estimate of drug-likeness (QED) is 0.516. The van der Waals surface area contributed by atoms with Crippen LogP contribution in [0.15, 0.2) is 30.5 Å². The lowest BCUT2D eigenvalue weighted by Crippen LogP contribution is -2.60. The molecule has 2 N–H and O–H groups in total. The minimum Gasteiger partial charge on any atom is -0.457 e. The summed E-state index contributed by atoms with van der Waals surface area (Å²) in [5.74, 6) is -2.18. The fraction of sp³-hybridized carbons (Fsp3) is 0.567. The molecule has 1 aromatic heterocycles. The third-order valence-corrected chi connectivity index (χ3v) is 7.69. The predicted octanol–water partition coefficient (Wildman–Crippen LogP) is 3.38. The molecular weight excluding hydrogens is 512 g/mol. The highest BCUT2D eigenvalue weighted by molar-refractivity contribution is 5.91. The van der Waals surface area contributed by atoms with Gasteiger partial charge >= 0.3 is 11.9 Å². The molecule has 10 nitrogen and oxygen atoms in total. The van der Waals surface area contributed by atoms with Crippen LogP contribution in [0.4, 0.5) is 0 Å². The standard InChI is InChI=1S/C30H40N4O6/c1-17(2)25-26(35)32-18(3)27(36)34-13-7-8-24(33-34)28(37)39-19(4)20-9-10-21-16-31-23(15-22(21)14-20)11-12-30(5,6)29(38)40-25/h9-10,14-19,24-25,33H,7-8,11-13H2,1-6H3,(H,32,35)/t18-,19+,24-,25-/m0/s1. The summed E-state index contributed by atoms with van der Waals surface area (Å²) >= 11 is 0. The van der Waals surface area contributed by atoms with E-state index in [-0.39, 0.29) is 5.92 Å². The molecule has 5 bridgehead atoms. The highest BCUT2D eigenvalue weighted by atomic mass is 16.6. The van der Waals surface area contributed by atoms with Gasteiger partial charge in [-0.1, -0.05) is 26.0 Å². The van der Waals surface area contributed by atoms with E-state index in [1.54, 1.807) is 40.8 Å². The van der Waals surface area contributed by atoms with E-state index in [0.29, 0.717) is 32.2 Å². The lowest BCUT2D eigenvalue weighted by atomic mass is 9.87. The van der Waals surface area contributed by atoms with Gasteiger partial charge in [0.05, 0.1) is 5.41 Å². The van der Waals surface area contributed by atoms with Crippen molar-refractivity contribution in [2.24, 2.45) is 11.3 Å². The summed E-state index contributed by atoms with van der Waals surface area (Å²) in [5, 5.41) is 5.96. The van der Waals surface area contributed by atoms with Gasteiger partial charge in [-0.05, 0) is 82.4 Å². The van der Waals surface area contributed by atoms with Gasteiger partial charge in [0.2, 0.25) is 0 Å². The summed E-state index contributed by atoms with van der Waals surface area (Å²) < 4.78 is 11.5. The van der Waals surface area contributed by atoms with E-state index in [4.69, 9.17) is 9.47 Å². The highest BCUT2D eigenvalue weighted by Gasteiger charge is 2.37. The second kappa shape index (κ2) is 11.9. The van der Waals surface area contributed by atoms with Crippen LogP contribution in [0.3, 0.4) is 0 Å². The van der Waals surface area contributed by atoms with Crippen molar-refractivity contribution in [3.8, 4) is 0 Å². The Balaban J connectivity index is 1.66. The number of carbonyl (C=O) groups is 4. The Morgan fingerprint density at radius 3 is 2.52 bits per heavy atom. The van der Waals surface area contributed by atoms with Gasteiger partial charge in [-0.25, -0.2) is 5.43 Å². The Labute approximate surface area is 235 Å². The van der Waals surface area contributed by atoms with Crippen molar-refractivity contribution in [1.82, 2.24) is 20.7 Å². The van der Waals surface area contributed by atoms with Crippen molar-refractivity contribution in [3.63, 3.8) is 0 Å². The number of fused-ring (bicyclic) bond motifs is 4. The molecule has 2 aromatic rings. The molecule has 0 aliphatic carbocycles. The van der Waals surface area contributed by atoms with Crippen LogP contribution in [0, 0.1) is 11.3 Å². The zero-order chi connectivity index (χ0) is 29.2. The van der Waals surface area contributed by atoms with Crippen LogP contribution in [-0.2, 0) is 35.1 Å². The predicted molar refractivity (Wildman–Crippen MR) is 149 cm³/mol. The molecule has 4 atom stereocenters. The van der Waals surface area contributed by atoms with Crippen LogP contribution in [0.2, 0.25) is 0 Å². The first-order valence-corrected chi connectivity index (χ1v) is 14.0. The number of nitrogens with one attached hydrogen (secondary N) is 2. The Bertz CT molecular complexity index is 1290. The fourth-order valence-corrected chi connectivity index (χ4v) is 4.93. The van der Waals surface area contributed by atoms with Crippen LogP contribution in [0.25, 0.3) is 10.8 Å². The minimum atomic E-state index is -1.06. The van der Waals surface area contributed by atoms with Gasteiger partial charge in [0, 0.05) is 23.8 Å². The molecule has 40 heavy (non-hydrogen) atoms. The zero-order valence-electron chi connectivity index (χ0n) is 24.2. The highest BCUT2D eigenvalue weighted by Crippen LogP contribution is 2.28. The first-order chi connectivity index (χ1) is 18.9. The monoisotopic (exact) mass is 552 g/mol. The molecule has 2 aliphatic rings. The topological polar surface area (TPSA) is 127 Å². The van der Waals surface area contributed by atoms with Crippen LogP contribution in [0.5, 0.6) is 0 Å². The van der Waals surface area contributed by atoms with Crippen LogP contribution < -0.4 is 10.7 Å². The molecule has 0 radical (unpaired) electrons. The van der Waals surface area contributed by atoms with Gasteiger partial charge in [-0.3, -0.25) is 29.2 Å². The van der Waals surface area contributed by atoms with E-state index in [0.717, 1.165) is 22.0 Å². The maximum absolute atomic E-state index is 13.2. The van der Waals surface area contributed by atoms with E-state index in [1.807, 2.05) is 31.2 Å². The number of carbonyl (C=O) groups excluding carboxylic acids is 4. The molecule has 0 spiro atoms. The molecule has 4 rings (SSSR count). The van der Waals surface area contributed by atoms with Gasteiger partial charge in [0.1, 0.15) is 18.2 Å². The average molecular weight is 553 g/mol. The van der Waals surface area contributed by atoms with E-state index in [1.165, 1.54) is 5.01 Å². The van der Waals surface area contributed by atoms with Gasteiger partial charge in [0.25, 0.3) is 11.8 Å². The molecule has 2 aliphatic heterocycles. The number of rotatable bonds is 1. The van der Waals surface area contributed by atoms with Crippen molar-refractivity contribution in [3.05, 3.63) is 41.7 Å². The number of pyridine rings is 1. The van der Waals surface area contributed by atoms with Gasteiger partial charge in [-0.15, -0.1) is 0 Å². The summed E-state index contributed by atoms with van der Waals surface area (Å²) in [6, 6.07) is 6.22. The molecule has 0 unspecified atom stereocenters. The molecule has 1 aromatic carbocycles. The van der Waals surface area contributed by atoms with Crippen molar-refractivity contribution < 1.29 is 28.7 Å². The van der Waals surface area contributed by atoms with Gasteiger partial charge < -0.3 is 14.8 Å². The Morgan fingerprint density at radius 1 is 1.05 bits per heavy atom. The molecule has 216 valence electrons. The number of nitrogens with zero attached hydrogens (tertiary/aromatic N) is 2. The number of benzene rings is 1. The first kappa shape index (κ1) is 29.5. The van der Waals surface area contributed by atoms with E-state index in [2.05, 4.69) is 15.7 Å². The number of hydrogen-bond donors (Lipinski definition) is 2. The molecule has 2 amide bonds. The maximum atomic E-state index is 13.2. The summed E-state index contributed by atoms with van der Waals surface area (Å²) in [6.07, 6.45) is 2.33. The van der Waals surface area contributed by atoms with E-state index >= 15 is 0 Å². The van der Waals surface area contributed by atoms with Crippen molar-refractivity contribution in [2.75, 3.05) is 6.54 Å². The third kappa shape index (κ3) is 6.60. The number of amides is 2. The van der Waals surface area contributed by atoms with E-state index in [9.17, 15) is 19.2 Å². The van der Waals surface area contributed by atoms with Gasteiger partial charge in [0.15, 0.2) is 6.10 Å². The average Bonchev–Trinajstić information content (AvgIpc) is 2.92. The van der Waals surface area contributed by atoms with Gasteiger partial charge in [-0.2, -0.15) is 0 Å². The number of aromatic nitrogens is 1. The Morgan fingerprint density at radius 2 is 1.80 bits per heavy atom. The summed E-state index contributed by atoms with van der Waals surface area (Å²) in [7, 11) is 0. The lowest BCUT2D eigenvalue weighted by Gasteiger charge is -2.35. The number of aryl methyl sites for hydroxylation is 1. The van der Waals surface area contributed by atoms with Crippen LogP contribution >= 0.6 is 0 Å². The number of esters is 2. The summed E-state index contributed by atoms with van der Waals surface area (Å²) in [6.45, 7) is 10.9. The fourth-order valence-electron chi connectivity index (χ4n) is 4.93. The van der Waals surface area contributed by atoms with Crippen LogP contribution in [0.1, 0.15) is 78.2 Å². The summed E-state index contributed by atoms with van der Waals surface area (Å²) in [5.41, 5.74) is 3.76. The normalized spacial score (nSPS) is 26.8. The second-order valence-corrected chi connectivity index (χ2v) is 11.9. The van der Waals surface area contributed by atoms with Crippen molar-refractivity contribution in [1.29, 1.82) is 0 Å². The Kier molecular flexibility index (Phi) is 8.77. The number of hydrogen-bond acceptors (Lipinski definition) is 8. The van der Waals surface area contributed by atoms with Crippen molar-refractivity contribution in [2.45, 2.75) is 91.5 Å². The third-order valence-electron chi connectivity index (χ3n) is 7.69. The lowest BCUT2D eigenvalue weighted by molar-refractivity contribution is -0.167. The van der Waals surface area contributed by atoms with E-state index < -0.39 is 53.5 Å². The molecular formula is C30H40N4O6. The molecule has 0 saturated carbocycles. The smallest absolute Gasteiger partial charge is 0.325 e. The SMILES string of the molecule is CC(C)[C@@H]1OC(=O)C(C)(C)CCc2cc3cc(ccc3cn2)[C@@H](C)OC(=O)[C@@H]2CCCN(N2)C(=O)[C@H](C)NC1=O. The first-order valence-electron chi connectivity index (χ1n) is 14.0. The molecule has 1 fully saturated rings. The maximum Gasteiger partial charge on any atom is 0.325 e. The second-order valence-electron chi connectivity index (χ2n) is 11.9. The number of cyclic esters (lactones) is 2. The summed E-state index contributed by atoms with van der Waals surface area (Å²) in [4.78, 5) is 57.2. The minimum absolute atomic E-state index is 0.311. The van der Waals surface area contributed by atoms with Crippen LogP contribution in [-0.4, -0.2) is 58.5 Å².